The molecule has 0 bridgehead atoms. The minimum atomic E-state index is -4.18. The number of amides is 2. The summed E-state index contributed by atoms with van der Waals surface area (Å²) in [6, 6.07) is 43.7. The number of anilines is 1. The maximum absolute atomic E-state index is 16.4. The van der Waals surface area contributed by atoms with Crippen molar-refractivity contribution in [3.8, 4) is 0 Å². The lowest BCUT2D eigenvalue weighted by Crippen LogP contribution is -2.59. The Hall–Kier alpha value is -5.10. The van der Waals surface area contributed by atoms with Crippen molar-refractivity contribution >= 4 is 41.2 Å². The second-order valence-electron chi connectivity index (χ2n) is 11.5. The number of ether oxygens (including phenoxy) is 1. The summed E-state index contributed by atoms with van der Waals surface area (Å²) in [5.74, 6) is -4.30. The largest absolute Gasteiger partial charge is 0.459 e. The first-order valence-corrected chi connectivity index (χ1v) is 16.9. The molecule has 2 aliphatic rings. The minimum absolute atomic E-state index is 0.107. The molecule has 46 heavy (non-hydrogen) atoms. The summed E-state index contributed by atoms with van der Waals surface area (Å²) in [5, 5.41) is 2.03. The van der Waals surface area contributed by atoms with Crippen LogP contribution in [0.1, 0.15) is 17.2 Å². The number of rotatable bonds is 8. The number of imide groups is 1. The van der Waals surface area contributed by atoms with Crippen molar-refractivity contribution in [3.63, 3.8) is 0 Å². The number of benzene rings is 5. The van der Waals surface area contributed by atoms with Crippen molar-refractivity contribution < 1.29 is 23.7 Å². The van der Waals surface area contributed by atoms with Gasteiger partial charge in [0, 0.05) is 16.7 Å². The monoisotopic (exact) mass is 626 g/mol. The highest BCUT2D eigenvalue weighted by Gasteiger charge is 2.75. The van der Waals surface area contributed by atoms with Crippen molar-refractivity contribution in [2.45, 2.75) is 17.9 Å². The molecule has 2 fully saturated rings. The predicted octanol–water partition coefficient (Wildman–Crippen LogP) is 5.59. The molecule has 8 heteroatoms. The number of nitrogens with one attached hydrogen (secondary N) is 1. The van der Waals surface area contributed by atoms with E-state index in [1.165, 1.54) is 0 Å². The van der Waals surface area contributed by atoms with Gasteiger partial charge in [0.2, 0.25) is 11.8 Å². The fraction of sp³-hybridized carbons (Fsp3) is 0.132. The zero-order valence-corrected chi connectivity index (χ0v) is 25.7. The van der Waals surface area contributed by atoms with E-state index in [-0.39, 0.29) is 6.61 Å². The quantitative estimate of drug-likeness (QED) is 0.137. The van der Waals surface area contributed by atoms with Crippen LogP contribution in [0.5, 0.6) is 0 Å². The maximum atomic E-state index is 16.4. The number of esters is 1. The first kappa shape index (κ1) is 29.6. The molecule has 0 aromatic heterocycles. The van der Waals surface area contributed by atoms with Gasteiger partial charge in [-0.3, -0.25) is 14.9 Å². The molecular weight excluding hydrogens is 595 g/mol. The molecule has 2 aliphatic heterocycles. The van der Waals surface area contributed by atoms with Crippen LogP contribution in [0.15, 0.2) is 152 Å². The highest BCUT2D eigenvalue weighted by Crippen LogP contribution is 2.66. The van der Waals surface area contributed by atoms with Crippen LogP contribution in [0.2, 0.25) is 0 Å². The molecule has 0 spiro atoms. The lowest BCUT2D eigenvalue weighted by Gasteiger charge is -2.40. The van der Waals surface area contributed by atoms with Crippen molar-refractivity contribution in [2.24, 2.45) is 11.8 Å². The zero-order chi connectivity index (χ0) is 31.7. The Morgan fingerprint density at radius 2 is 1.15 bits per heavy atom. The molecule has 0 saturated carbocycles. The normalized spacial score (nSPS) is 22.4. The summed E-state index contributed by atoms with van der Waals surface area (Å²) in [4.78, 5) is 45.5. The maximum Gasteiger partial charge on any atom is 0.335 e. The molecule has 0 radical (unpaired) electrons. The molecule has 4 atom stereocenters. The summed E-state index contributed by atoms with van der Waals surface area (Å²) >= 11 is 0. The smallest absolute Gasteiger partial charge is 0.335 e. The fourth-order valence-corrected chi connectivity index (χ4v) is 10.5. The number of hydrogen-bond acceptors (Lipinski definition) is 6. The van der Waals surface area contributed by atoms with Gasteiger partial charge in [-0.25, -0.2) is 9.69 Å². The van der Waals surface area contributed by atoms with Gasteiger partial charge in [-0.2, -0.15) is 0 Å². The predicted molar refractivity (Wildman–Crippen MR) is 177 cm³/mol. The molecule has 1 N–H and O–H groups in total. The molecule has 7 nitrogen and oxygen atoms in total. The third-order valence-electron chi connectivity index (χ3n) is 8.97. The van der Waals surface area contributed by atoms with E-state index in [9.17, 15) is 9.59 Å². The Labute approximate surface area is 267 Å². The summed E-state index contributed by atoms with van der Waals surface area (Å²) in [5.41, 5.74) is 1.81. The number of hydrogen-bond donors (Lipinski definition) is 1. The molecular formula is C38H31N2O5P. The van der Waals surface area contributed by atoms with Gasteiger partial charge in [0.1, 0.15) is 6.61 Å². The third kappa shape index (κ3) is 4.63. The fourth-order valence-electron chi connectivity index (χ4n) is 6.93. The lowest BCUT2D eigenvalue weighted by molar-refractivity contribution is -0.151. The van der Waals surface area contributed by atoms with E-state index >= 15 is 9.36 Å². The van der Waals surface area contributed by atoms with Gasteiger partial charge in [0.05, 0.1) is 17.5 Å². The highest BCUT2D eigenvalue weighted by molar-refractivity contribution is 7.81. The Bertz CT molecular complexity index is 1880. The van der Waals surface area contributed by atoms with Crippen molar-refractivity contribution in [3.05, 3.63) is 163 Å². The minimum Gasteiger partial charge on any atom is -0.459 e. The summed E-state index contributed by atoms with van der Waals surface area (Å²) in [6.07, 6.45) is 0. The van der Waals surface area contributed by atoms with Gasteiger partial charge in [-0.15, -0.1) is 0 Å². The standard InChI is InChI=1S/C38H31N2O5P/c41-35-32-33(36(42)40(35)29-20-10-3-11-21-29)38(39-34(32)28-18-8-2-9-19-28,37(43)45-26-27-16-6-1-7-17-27)46(44,30-22-12-4-13-23-30)31-24-14-5-15-25-31/h1-25,32-34,39H,26H2/t32-,33-,34-,38+/m1/s1. The second kappa shape index (κ2) is 12.0. The topological polar surface area (TPSA) is 92.8 Å². The number of fused-ring (bicyclic) bond motifs is 1. The first-order chi connectivity index (χ1) is 22.5. The van der Waals surface area contributed by atoms with Crippen LogP contribution in [0.25, 0.3) is 0 Å². The number of nitrogens with zero attached hydrogens (tertiary/aromatic N) is 1. The van der Waals surface area contributed by atoms with E-state index in [1.54, 1.807) is 91.0 Å². The van der Waals surface area contributed by atoms with Gasteiger partial charge < -0.3 is 9.30 Å². The summed E-state index contributed by atoms with van der Waals surface area (Å²) in [6.45, 7) is -0.107. The highest BCUT2D eigenvalue weighted by atomic mass is 31.2. The van der Waals surface area contributed by atoms with Gasteiger partial charge in [0.25, 0.3) is 0 Å². The first-order valence-electron chi connectivity index (χ1n) is 15.1. The van der Waals surface area contributed by atoms with Gasteiger partial charge in [-0.1, -0.05) is 140 Å². The Balaban J connectivity index is 1.50. The molecule has 0 unspecified atom stereocenters. The van der Waals surface area contributed by atoms with Gasteiger partial charge >= 0.3 is 5.97 Å². The van der Waals surface area contributed by atoms with Crippen LogP contribution in [0.3, 0.4) is 0 Å². The second-order valence-corrected chi connectivity index (χ2v) is 14.4. The zero-order valence-electron chi connectivity index (χ0n) is 24.8. The Kier molecular flexibility index (Phi) is 7.73. The molecule has 228 valence electrons. The molecule has 5 aromatic carbocycles. The van der Waals surface area contributed by atoms with Crippen molar-refractivity contribution in [1.82, 2.24) is 5.32 Å². The van der Waals surface area contributed by atoms with Crippen LogP contribution in [-0.4, -0.2) is 23.1 Å². The van der Waals surface area contributed by atoms with Crippen LogP contribution in [0, 0.1) is 11.8 Å². The molecule has 5 aromatic rings. The van der Waals surface area contributed by atoms with Gasteiger partial charge in [0.15, 0.2) is 12.4 Å². The number of para-hydroxylation sites is 1. The van der Waals surface area contributed by atoms with E-state index in [0.29, 0.717) is 21.9 Å². The van der Waals surface area contributed by atoms with Crippen LogP contribution in [-0.2, 0) is 30.3 Å². The number of carbonyl (C=O) groups excluding carboxylic acids is 3. The van der Waals surface area contributed by atoms with Crippen LogP contribution in [0.4, 0.5) is 5.69 Å². The lowest BCUT2D eigenvalue weighted by atomic mass is 9.86. The van der Waals surface area contributed by atoms with E-state index in [0.717, 1.165) is 10.5 Å². The Morgan fingerprint density at radius 1 is 0.674 bits per heavy atom. The SMILES string of the molecule is O=C1[C@H]2[C@@H](c3ccccc3)N[C@](C(=O)OCc3ccccc3)(P(=O)(c3ccccc3)c3ccccc3)[C@H]2C(=O)N1c1ccccc1. The van der Waals surface area contributed by atoms with Crippen molar-refractivity contribution in [2.75, 3.05) is 4.90 Å². The average Bonchev–Trinajstić information content (AvgIpc) is 3.62. The van der Waals surface area contributed by atoms with Gasteiger partial charge in [-0.05, 0) is 23.3 Å². The third-order valence-corrected chi connectivity index (χ3v) is 12.6. The van der Waals surface area contributed by atoms with E-state index < -0.39 is 48.1 Å². The van der Waals surface area contributed by atoms with E-state index in [4.69, 9.17) is 4.74 Å². The molecule has 2 amide bonds. The molecule has 2 heterocycles. The van der Waals surface area contributed by atoms with Crippen LogP contribution >= 0.6 is 7.14 Å². The molecule has 7 rings (SSSR count). The van der Waals surface area contributed by atoms with E-state index in [2.05, 4.69) is 5.32 Å². The van der Waals surface area contributed by atoms with Crippen molar-refractivity contribution in [1.29, 1.82) is 0 Å². The Morgan fingerprint density at radius 3 is 1.70 bits per heavy atom. The van der Waals surface area contributed by atoms with Crippen LogP contribution < -0.4 is 20.8 Å². The summed E-state index contributed by atoms with van der Waals surface area (Å²) in [7, 11) is -4.18. The average molecular weight is 627 g/mol. The summed E-state index contributed by atoms with van der Waals surface area (Å²) < 4.78 is 22.4. The van der Waals surface area contributed by atoms with E-state index in [1.807, 2.05) is 60.7 Å². The number of carbonyl (C=O) groups is 3. The molecule has 2 saturated heterocycles. The molecule has 0 aliphatic carbocycles.